The zero-order valence-corrected chi connectivity index (χ0v) is 35.2. The first-order chi connectivity index (χ1) is 33.2. The summed E-state index contributed by atoms with van der Waals surface area (Å²) in [5.74, 6) is -1.16. The van der Waals surface area contributed by atoms with E-state index < -0.39 is 11.6 Å². The van der Waals surface area contributed by atoms with E-state index in [1.54, 1.807) is 60.7 Å². The average Bonchev–Trinajstić information content (AvgIpc) is 3.90. The van der Waals surface area contributed by atoms with E-state index in [1.165, 1.54) is 84.9 Å². The Morgan fingerprint density at radius 1 is 0.426 bits per heavy atom. The number of halogens is 2. The van der Waals surface area contributed by atoms with Gasteiger partial charge in [0.05, 0.1) is 70.8 Å². The molecule has 2 aliphatic rings. The van der Waals surface area contributed by atoms with E-state index in [4.69, 9.17) is 13.1 Å². The molecule has 0 aromatic heterocycles. The van der Waals surface area contributed by atoms with Crippen LogP contribution in [0.5, 0.6) is 0 Å². The van der Waals surface area contributed by atoms with E-state index in [1.807, 2.05) is 0 Å². The van der Waals surface area contributed by atoms with Gasteiger partial charge in [0, 0.05) is 5.56 Å². The van der Waals surface area contributed by atoms with Gasteiger partial charge in [-0.2, -0.15) is 31.6 Å². The van der Waals surface area contributed by atoms with Gasteiger partial charge in [-0.1, -0.05) is 84.9 Å². The third kappa shape index (κ3) is 6.93. The van der Waals surface area contributed by atoms with E-state index >= 15 is 8.78 Å². The van der Waals surface area contributed by atoms with Crippen LogP contribution < -0.4 is 0 Å². The van der Waals surface area contributed by atoms with Gasteiger partial charge in [-0.25, -0.2) is 18.5 Å². The fraction of sp³-hybridized carbons (Fsp3) is 0. The highest BCUT2D eigenvalue weighted by atomic mass is 19.1. The standard InChI is InChI=1S/C58H24F2N8/c1-67-57(42-25-35(29-63)22-36(26-42)30-64)55-47(37-9-5-3-6-10-37)46(32-66)52-48(39-13-17-43(59)18-14-39)53-51(45(31-65)41-23-33(27-61)21-34(24-41)28-62)50(38-11-7-4-8-12-38)58(68-2)56(53)49(54(52)55)40-15-19-44(60)20-16-40/h3-26H/b51-45+,57-55-. The second-order valence-electron chi connectivity index (χ2n) is 15.4. The van der Waals surface area contributed by atoms with Gasteiger partial charge in [0.15, 0.2) is 0 Å². The zero-order valence-electron chi connectivity index (χ0n) is 35.2. The minimum absolute atomic E-state index is 0.0324. The van der Waals surface area contributed by atoms with Gasteiger partial charge in [-0.15, -0.1) is 0 Å². The fourth-order valence-corrected chi connectivity index (χ4v) is 9.10. The van der Waals surface area contributed by atoms with Crippen molar-refractivity contribution in [1.29, 1.82) is 31.6 Å². The van der Waals surface area contributed by atoms with E-state index in [9.17, 15) is 31.6 Å². The van der Waals surface area contributed by atoms with Crippen LogP contribution in [0, 0.1) is 92.8 Å². The molecule has 0 radical (unpaired) electrons. The molecule has 0 unspecified atom stereocenters. The fourth-order valence-electron chi connectivity index (χ4n) is 9.10. The van der Waals surface area contributed by atoms with E-state index in [-0.39, 0.29) is 112 Å². The Kier molecular flexibility index (Phi) is 10.9. The Morgan fingerprint density at radius 3 is 1.29 bits per heavy atom. The van der Waals surface area contributed by atoms with Crippen LogP contribution in [0.25, 0.3) is 76.8 Å². The lowest BCUT2D eigenvalue weighted by Gasteiger charge is -2.24. The van der Waals surface area contributed by atoms with E-state index in [0.29, 0.717) is 22.3 Å². The summed E-state index contributed by atoms with van der Waals surface area (Å²) >= 11 is 0. The Balaban J connectivity index is 1.65. The SMILES string of the molecule is [C-]#[N+]C1=C(c2ccccc2)/C(=C(/C#N)c2cc(C#N)cc(C#N)c2)c2c1c(-c1ccc(F)cc1)c1c(c2-c2ccc(F)cc2)C(C#N)=C(c2ccccc2)/C1=C(/[N+]#[C-])c1cc(C#N)cc(C#N)c1. The van der Waals surface area contributed by atoms with Crippen molar-refractivity contribution in [3.8, 4) is 58.7 Å². The highest BCUT2D eigenvalue weighted by molar-refractivity contribution is 6.38. The van der Waals surface area contributed by atoms with Crippen molar-refractivity contribution in [3.63, 3.8) is 0 Å². The molecule has 0 saturated heterocycles. The summed E-state index contributed by atoms with van der Waals surface area (Å²) in [6.07, 6.45) is 0. The normalized spacial score (nSPS) is 13.6. The van der Waals surface area contributed by atoms with Gasteiger partial charge >= 0.3 is 0 Å². The molecule has 0 heterocycles. The van der Waals surface area contributed by atoms with Gasteiger partial charge in [0.1, 0.15) is 23.8 Å². The number of allylic oxidation sites excluding steroid dienone is 6. The van der Waals surface area contributed by atoms with Gasteiger partial charge in [0.2, 0.25) is 11.4 Å². The first kappa shape index (κ1) is 42.6. The minimum atomic E-state index is -0.580. The molecule has 0 fully saturated rings. The van der Waals surface area contributed by atoms with Crippen molar-refractivity contribution in [2.24, 2.45) is 0 Å². The van der Waals surface area contributed by atoms with Crippen molar-refractivity contribution in [2.45, 2.75) is 0 Å². The Hall–Kier alpha value is -10.7. The summed E-state index contributed by atoms with van der Waals surface area (Å²) in [7, 11) is 0. The first-order valence-electron chi connectivity index (χ1n) is 20.5. The average molecular weight is 871 g/mol. The van der Waals surface area contributed by atoms with E-state index in [0.717, 1.165) is 0 Å². The molecule has 0 amide bonds. The van der Waals surface area contributed by atoms with Crippen LogP contribution in [-0.4, -0.2) is 0 Å². The molecule has 0 spiro atoms. The third-order valence-electron chi connectivity index (χ3n) is 11.7. The largest absolute Gasteiger partial charge is 0.237 e. The quantitative estimate of drug-likeness (QED) is 0.120. The number of hydrogen-bond acceptors (Lipinski definition) is 6. The van der Waals surface area contributed by atoms with E-state index in [2.05, 4.69) is 46.1 Å². The highest BCUT2D eigenvalue weighted by Gasteiger charge is 2.44. The lowest BCUT2D eigenvalue weighted by Crippen LogP contribution is -2.04. The van der Waals surface area contributed by atoms with Gasteiger partial charge in [-0.05, 0) is 144 Å². The monoisotopic (exact) mass is 870 g/mol. The molecule has 2 aliphatic carbocycles. The van der Waals surface area contributed by atoms with Crippen LogP contribution in [0.3, 0.4) is 0 Å². The Morgan fingerprint density at radius 2 is 0.868 bits per heavy atom. The number of benzene rings is 7. The van der Waals surface area contributed by atoms with Crippen LogP contribution >= 0.6 is 0 Å². The van der Waals surface area contributed by atoms with Crippen LogP contribution in [0.2, 0.25) is 0 Å². The maximum atomic E-state index is 15.1. The molecule has 0 atom stereocenters. The smallest absolute Gasteiger partial charge is 0.203 e. The number of nitrogens with zero attached hydrogens (tertiary/aromatic N) is 8. The molecular formula is C58H24F2N8. The summed E-state index contributed by atoms with van der Waals surface area (Å²) in [5, 5.41) is 63.6. The molecule has 68 heavy (non-hydrogen) atoms. The zero-order chi connectivity index (χ0) is 47.6. The van der Waals surface area contributed by atoms with Crippen molar-refractivity contribution in [2.75, 3.05) is 0 Å². The number of rotatable bonds is 6. The number of nitriles is 6. The van der Waals surface area contributed by atoms with Gasteiger partial charge in [0.25, 0.3) is 0 Å². The Labute approximate surface area is 389 Å². The van der Waals surface area contributed by atoms with Gasteiger partial charge in [-0.3, -0.25) is 0 Å². The second kappa shape index (κ2) is 17.4. The van der Waals surface area contributed by atoms with Crippen molar-refractivity contribution in [3.05, 3.63) is 247 Å². The molecule has 310 valence electrons. The molecule has 0 N–H and O–H groups in total. The lowest BCUT2D eigenvalue weighted by molar-refractivity contribution is 0.627. The maximum Gasteiger partial charge on any atom is 0.203 e. The summed E-state index contributed by atoms with van der Waals surface area (Å²) in [6.45, 7) is 17.9. The molecule has 9 rings (SSSR count). The first-order valence-corrected chi connectivity index (χ1v) is 20.5. The van der Waals surface area contributed by atoms with Crippen LogP contribution in [-0.2, 0) is 0 Å². The minimum Gasteiger partial charge on any atom is -0.237 e. The molecule has 10 heteroatoms. The topological polar surface area (TPSA) is 151 Å². The number of hydrogen-bond donors (Lipinski definition) is 0. The molecule has 7 aromatic carbocycles. The van der Waals surface area contributed by atoms with Gasteiger partial charge < -0.3 is 0 Å². The highest BCUT2D eigenvalue weighted by Crippen LogP contribution is 2.63. The summed E-state index contributed by atoms with van der Waals surface area (Å²) in [5.41, 5.74) is 4.95. The second-order valence-corrected chi connectivity index (χ2v) is 15.4. The molecule has 7 aromatic rings. The van der Waals surface area contributed by atoms with Crippen LogP contribution in [0.4, 0.5) is 8.78 Å². The molecule has 8 nitrogen and oxygen atoms in total. The van der Waals surface area contributed by atoms with Crippen molar-refractivity contribution >= 4 is 44.8 Å². The number of fused-ring (bicyclic) bond motifs is 2. The summed E-state index contributed by atoms with van der Waals surface area (Å²) < 4.78 is 30.2. The summed E-state index contributed by atoms with van der Waals surface area (Å²) in [4.78, 5) is 8.32. The van der Waals surface area contributed by atoms with Crippen LogP contribution in [0.1, 0.15) is 66.8 Å². The van der Waals surface area contributed by atoms with Crippen molar-refractivity contribution < 1.29 is 8.78 Å². The predicted molar refractivity (Wildman–Crippen MR) is 254 cm³/mol. The summed E-state index contributed by atoms with van der Waals surface area (Å²) in [6, 6.07) is 50.4. The molecule has 0 aliphatic heterocycles. The molecular weight excluding hydrogens is 847 g/mol. The molecule has 0 saturated carbocycles. The molecule has 0 bridgehead atoms. The maximum absolute atomic E-state index is 15.1. The predicted octanol–water partition coefficient (Wildman–Crippen LogP) is 13.3. The van der Waals surface area contributed by atoms with Crippen molar-refractivity contribution in [1.82, 2.24) is 0 Å². The third-order valence-corrected chi connectivity index (χ3v) is 11.7. The lowest BCUT2D eigenvalue weighted by atomic mass is 9.78. The van der Waals surface area contributed by atoms with Crippen LogP contribution in [0.15, 0.2) is 146 Å². The Bertz CT molecular complexity index is 3540.